The van der Waals surface area contributed by atoms with Crippen molar-refractivity contribution in [2.24, 2.45) is 0 Å². The van der Waals surface area contributed by atoms with E-state index in [4.69, 9.17) is 0 Å². The first-order valence-corrected chi connectivity index (χ1v) is 5.69. The summed E-state index contributed by atoms with van der Waals surface area (Å²) in [6, 6.07) is 0. The fourth-order valence-corrected chi connectivity index (χ4v) is 3.70. The predicted molar refractivity (Wildman–Crippen MR) is 52.4 cm³/mol. The van der Waals surface area contributed by atoms with Crippen LogP contribution in [0.1, 0.15) is 12.8 Å². The molecule has 1 saturated heterocycles. The molecule has 0 saturated carbocycles. The molecule has 1 heterocycles. The van der Waals surface area contributed by atoms with Crippen molar-refractivity contribution in [2.75, 3.05) is 11.5 Å². The second-order valence-electron chi connectivity index (χ2n) is 2.22. The average molecular weight is 173 g/mol. The van der Waals surface area contributed by atoms with E-state index in [2.05, 4.69) is 36.5 Å². The zero-order valence-corrected chi connectivity index (χ0v) is 7.72. The van der Waals surface area contributed by atoms with Gasteiger partial charge in [0, 0.05) is 11.5 Å². The number of hydrogen-bond acceptors (Lipinski definition) is 2. The molecule has 0 spiro atoms. The normalized spacial score (nSPS) is 19.6. The molecule has 1 rings (SSSR count). The summed E-state index contributed by atoms with van der Waals surface area (Å²) in [7, 11) is 0. The quantitative estimate of drug-likeness (QED) is 0.473. The van der Waals surface area contributed by atoms with Crippen LogP contribution in [0.3, 0.4) is 0 Å². The van der Waals surface area contributed by atoms with E-state index in [0.29, 0.717) is 0 Å². The van der Waals surface area contributed by atoms with E-state index in [0.717, 1.165) is 11.0 Å². The van der Waals surface area contributed by atoms with Gasteiger partial charge in [0.05, 0.1) is 4.58 Å². The van der Waals surface area contributed by atoms with Crippen molar-refractivity contribution in [2.45, 2.75) is 17.4 Å². The van der Waals surface area contributed by atoms with Gasteiger partial charge in [-0.05, 0) is 19.3 Å². The molecule has 1 radical (unpaired) electrons. The Balaban J connectivity index is 1.96. The highest BCUT2D eigenvalue weighted by Crippen LogP contribution is 2.34. The second-order valence-corrected chi connectivity index (χ2v) is 5.14. The number of hydrogen-bond donors (Lipinski definition) is 0. The highest BCUT2D eigenvalue weighted by atomic mass is 32.2. The minimum absolute atomic E-state index is 0.847. The summed E-state index contributed by atoms with van der Waals surface area (Å²) in [5.41, 5.74) is 0. The van der Waals surface area contributed by atoms with Crippen molar-refractivity contribution in [1.29, 1.82) is 0 Å². The molecule has 0 bridgehead atoms. The van der Waals surface area contributed by atoms with E-state index in [-0.39, 0.29) is 0 Å². The zero-order valence-electron chi connectivity index (χ0n) is 6.08. The van der Waals surface area contributed by atoms with Crippen LogP contribution in [0, 0.1) is 6.42 Å². The van der Waals surface area contributed by atoms with Crippen LogP contribution in [0.4, 0.5) is 0 Å². The van der Waals surface area contributed by atoms with E-state index in [1.54, 1.807) is 0 Å². The number of unbranched alkanes of at least 4 members (excludes halogenated alkanes) is 1. The Kier molecular flexibility index (Phi) is 4.39. The molecule has 1 aliphatic heterocycles. The molecule has 0 N–H and O–H groups in total. The minimum atomic E-state index is 0.847. The Labute approximate surface area is 71.8 Å². The van der Waals surface area contributed by atoms with Crippen LogP contribution in [0.2, 0.25) is 0 Å². The van der Waals surface area contributed by atoms with Crippen LogP contribution in [0.25, 0.3) is 0 Å². The van der Waals surface area contributed by atoms with E-state index in [1.165, 1.54) is 17.9 Å². The molecule has 0 aromatic heterocycles. The van der Waals surface area contributed by atoms with Gasteiger partial charge in [-0.15, -0.1) is 30.1 Å². The fraction of sp³-hybridized carbons (Fsp3) is 0.625. The summed E-state index contributed by atoms with van der Waals surface area (Å²) in [6.45, 7) is 3.68. The molecule has 0 unspecified atom stereocenters. The Morgan fingerprint density at radius 1 is 1.40 bits per heavy atom. The summed E-state index contributed by atoms with van der Waals surface area (Å²) < 4.78 is 0.847. The van der Waals surface area contributed by atoms with Gasteiger partial charge in [0.15, 0.2) is 0 Å². The first-order valence-electron chi connectivity index (χ1n) is 3.59. The Hall–Kier alpha value is 0.440. The molecule has 0 amide bonds. The monoisotopic (exact) mass is 173 g/mol. The minimum Gasteiger partial charge on any atom is -0.147 e. The maximum absolute atomic E-state index is 3.68. The molecule has 0 atom stereocenters. The molecule has 10 heavy (non-hydrogen) atoms. The lowest BCUT2D eigenvalue weighted by Crippen LogP contribution is -1.90. The van der Waals surface area contributed by atoms with Gasteiger partial charge in [-0.25, -0.2) is 0 Å². The van der Waals surface area contributed by atoms with Crippen LogP contribution in [-0.4, -0.2) is 16.1 Å². The smallest absolute Gasteiger partial charge is 0.0505 e. The predicted octanol–water partition coefficient (Wildman–Crippen LogP) is 2.96. The van der Waals surface area contributed by atoms with Gasteiger partial charge < -0.3 is 0 Å². The van der Waals surface area contributed by atoms with Gasteiger partial charge in [-0.3, -0.25) is 0 Å². The van der Waals surface area contributed by atoms with E-state index < -0.39 is 0 Å². The first-order chi connectivity index (χ1) is 4.93. The highest BCUT2D eigenvalue weighted by Gasteiger charge is 2.14. The topological polar surface area (TPSA) is 0 Å². The van der Waals surface area contributed by atoms with Gasteiger partial charge in [0.1, 0.15) is 0 Å². The van der Waals surface area contributed by atoms with Crippen LogP contribution < -0.4 is 0 Å². The summed E-state index contributed by atoms with van der Waals surface area (Å²) >= 11 is 4.18. The van der Waals surface area contributed by atoms with Gasteiger partial charge in [-0.2, -0.15) is 0 Å². The van der Waals surface area contributed by atoms with E-state index in [1.807, 2.05) is 6.08 Å². The summed E-state index contributed by atoms with van der Waals surface area (Å²) in [4.78, 5) is 0. The van der Waals surface area contributed by atoms with Crippen LogP contribution in [0.5, 0.6) is 0 Å². The maximum atomic E-state index is 3.68. The van der Waals surface area contributed by atoms with Gasteiger partial charge in [-0.1, -0.05) is 6.08 Å². The molecule has 1 fully saturated rings. The van der Waals surface area contributed by atoms with Crippen molar-refractivity contribution in [1.82, 2.24) is 0 Å². The molecular weight excluding hydrogens is 160 g/mol. The molecule has 57 valence electrons. The standard InChI is InChI=1S/C8H13S2/c1-2-3-4-5-8-9-6-7-10-8/h2,4,8H,1,3,5-7H2. The van der Waals surface area contributed by atoms with Crippen LogP contribution in [-0.2, 0) is 0 Å². The van der Waals surface area contributed by atoms with Crippen LogP contribution in [0.15, 0.2) is 12.7 Å². The van der Waals surface area contributed by atoms with Crippen molar-refractivity contribution in [3.63, 3.8) is 0 Å². The molecule has 0 aromatic carbocycles. The van der Waals surface area contributed by atoms with Crippen molar-refractivity contribution in [3.05, 3.63) is 19.1 Å². The molecule has 2 heteroatoms. The lowest BCUT2D eigenvalue weighted by molar-refractivity contribution is 1.01. The molecule has 0 nitrogen and oxygen atoms in total. The van der Waals surface area contributed by atoms with Crippen molar-refractivity contribution >= 4 is 23.5 Å². The number of thioether (sulfide) groups is 2. The molecule has 1 aliphatic rings. The average Bonchev–Trinajstić information content (AvgIpc) is 2.41. The SMILES string of the molecule is C=CC[CH]CC1SCCS1. The van der Waals surface area contributed by atoms with E-state index >= 15 is 0 Å². The second kappa shape index (κ2) is 5.14. The number of rotatable bonds is 4. The van der Waals surface area contributed by atoms with E-state index in [9.17, 15) is 0 Å². The first kappa shape index (κ1) is 8.54. The third kappa shape index (κ3) is 3.02. The third-order valence-corrected chi connectivity index (χ3v) is 4.47. The van der Waals surface area contributed by atoms with Crippen molar-refractivity contribution < 1.29 is 0 Å². The largest absolute Gasteiger partial charge is 0.147 e. The van der Waals surface area contributed by atoms with Gasteiger partial charge in [0.2, 0.25) is 0 Å². The molecular formula is C8H13S2. The fourth-order valence-electron chi connectivity index (χ4n) is 0.893. The Morgan fingerprint density at radius 3 is 2.70 bits per heavy atom. The maximum Gasteiger partial charge on any atom is 0.0505 e. The molecule has 0 aliphatic carbocycles. The van der Waals surface area contributed by atoms with Gasteiger partial charge in [0.25, 0.3) is 0 Å². The van der Waals surface area contributed by atoms with Crippen molar-refractivity contribution in [3.8, 4) is 0 Å². The zero-order chi connectivity index (χ0) is 7.23. The lowest BCUT2D eigenvalue weighted by Gasteiger charge is -2.04. The summed E-state index contributed by atoms with van der Waals surface area (Å²) in [5.74, 6) is 2.69. The summed E-state index contributed by atoms with van der Waals surface area (Å²) in [6.07, 6.45) is 6.60. The lowest BCUT2D eigenvalue weighted by atomic mass is 10.2. The van der Waals surface area contributed by atoms with Gasteiger partial charge >= 0.3 is 0 Å². The Bertz CT molecular complexity index is 95.4. The Morgan fingerprint density at radius 2 is 2.10 bits per heavy atom. The summed E-state index contributed by atoms with van der Waals surface area (Å²) in [5, 5.41) is 0. The highest BCUT2D eigenvalue weighted by molar-refractivity contribution is 8.20. The molecule has 0 aromatic rings. The number of allylic oxidation sites excluding steroid dienone is 1. The van der Waals surface area contributed by atoms with Crippen LogP contribution >= 0.6 is 23.5 Å². The third-order valence-electron chi connectivity index (χ3n) is 1.38.